The lowest BCUT2D eigenvalue weighted by Gasteiger charge is -2.58. The van der Waals surface area contributed by atoms with Crippen molar-refractivity contribution in [3.63, 3.8) is 0 Å². The normalized spacial score (nSPS) is 27.1. The van der Waals surface area contributed by atoms with E-state index in [4.69, 9.17) is 4.74 Å². The molecule has 0 radical (unpaired) electrons. The zero-order valence-electron chi connectivity index (χ0n) is 21.1. The quantitative estimate of drug-likeness (QED) is 0.383. The van der Waals surface area contributed by atoms with Gasteiger partial charge in [0.25, 0.3) is 5.91 Å². The summed E-state index contributed by atoms with van der Waals surface area (Å²) >= 11 is 1.52. The van der Waals surface area contributed by atoms with Gasteiger partial charge < -0.3 is 14.7 Å². The number of para-hydroxylation sites is 1. The molecule has 1 amide bonds. The van der Waals surface area contributed by atoms with Crippen molar-refractivity contribution in [2.75, 3.05) is 20.2 Å². The molecule has 1 aliphatic heterocycles. The number of carboxylic acids is 1. The summed E-state index contributed by atoms with van der Waals surface area (Å²) in [4.78, 5) is 29.6. The fourth-order valence-electron chi connectivity index (χ4n) is 7.44. The van der Waals surface area contributed by atoms with Gasteiger partial charge in [0.05, 0.1) is 18.1 Å². The summed E-state index contributed by atoms with van der Waals surface area (Å²) in [6, 6.07) is 14.1. The van der Waals surface area contributed by atoms with Crippen molar-refractivity contribution < 1.29 is 32.6 Å². The molecule has 1 saturated heterocycles. The van der Waals surface area contributed by atoms with Crippen LogP contribution in [0.5, 0.6) is 5.75 Å². The molecule has 3 aliphatic carbocycles. The number of hydrogen-bond acceptors (Lipinski definition) is 4. The van der Waals surface area contributed by atoms with Crippen LogP contribution < -0.4 is 4.74 Å². The molecule has 39 heavy (non-hydrogen) atoms. The molecule has 2 aromatic carbocycles. The van der Waals surface area contributed by atoms with Gasteiger partial charge in [-0.1, -0.05) is 36.9 Å². The molecule has 9 heteroatoms. The van der Waals surface area contributed by atoms with E-state index in [0.29, 0.717) is 29.7 Å². The molecule has 1 aromatic heterocycles. The Morgan fingerprint density at radius 1 is 1.13 bits per heavy atom. The topological polar surface area (TPSA) is 66.8 Å². The number of hydrogen-bond donors (Lipinski definition) is 1. The highest BCUT2D eigenvalue weighted by Crippen LogP contribution is 2.70. The van der Waals surface area contributed by atoms with Crippen LogP contribution in [0.1, 0.15) is 45.9 Å². The summed E-state index contributed by atoms with van der Waals surface area (Å²) in [7, 11) is 1.50. The highest BCUT2D eigenvalue weighted by molar-refractivity contribution is 7.10. The van der Waals surface area contributed by atoms with Crippen molar-refractivity contribution in [3.8, 4) is 5.75 Å². The summed E-state index contributed by atoms with van der Waals surface area (Å²) < 4.78 is 45.6. The minimum absolute atomic E-state index is 0.00232. The Hall–Kier alpha value is -3.59. The standard InChI is InChI=1S/C30H26F3NO4S/c1-17(20-5-3-4-6-23(20)38-2)26(35)34-15-24-28(18-7-9-19(10-8-18)30(31,32)33)13-11-22(21-12-14-39-25(21)28)29(24,16-34)27(36)37/h3-10,12,14,22,24H,1,11,13,15-16H2,2H3,(H,36,37)/t22-,24?,28+,29+/m1/s1. The average molecular weight is 554 g/mol. The van der Waals surface area contributed by atoms with Crippen LogP contribution in [-0.4, -0.2) is 42.1 Å². The number of methoxy groups -OCH3 is 1. The first-order valence-corrected chi connectivity index (χ1v) is 13.5. The molecular formula is C30H26F3NO4S. The number of likely N-dealkylation sites (tertiary alicyclic amines) is 1. The van der Waals surface area contributed by atoms with E-state index in [1.807, 2.05) is 11.4 Å². The Kier molecular flexibility index (Phi) is 5.73. The van der Waals surface area contributed by atoms with E-state index in [9.17, 15) is 27.9 Å². The van der Waals surface area contributed by atoms with E-state index >= 15 is 0 Å². The fourth-order valence-corrected chi connectivity index (χ4v) is 8.71. The lowest BCUT2D eigenvalue weighted by atomic mass is 9.44. The largest absolute Gasteiger partial charge is 0.496 e. The monoisotopic (exact) mass is 553 g/mol. The third-order valence-electron chi connectivity index (χ3n) is 9.10. The number of nitrogens with zero attached hydrogens (tertiary/aromatic N) is 1. The van der Waals surface area contributed by atoms with Gasteiger partial charge in [0.2, 0.25) is 0 Å². The summed E-state index contributed by atoms with van der Waals surface area (Å²) in [5.41, 5.74) is -0.512. The predicted molar refractivity (Wildman–Crippen MR) is 141 cm³/mol. The van der Waals surface area contributed by atoms with Crippen LogP contribution in [0.2, 0.25) is 0 Å². The second kappa shape index (κ2) is 8.71. The molecule has 2 heterocycles. The van der Waals surface area contributed by atoms with E-state index in [1.165, 1.54) is 30.6 Å². The van der Waals surface area contributed by atoms with Crippen molar-refractivity contribution in [2.45, 2.75) is 30.4 Å². The van der Waals surface area contributed by atoms with E-state index in [-0.39, 0.29) is 30.5 Å². The van der Waals surface area contributed by atoms with Gasteiger partial charge in [-0.25, -0.2) is 0 Å². The first kappa shape index (κ1) is 25.7. The molecule has 0 spiro atoms. The van der Waals surface area contributed by atoms with Gasteiger partial charge in [-0.3, -0.25) is 9.59 Å². The molecule has 5 nitrogen and oxygen atoms in total. The third kappa shape index (κ3) is 3.45. The minimum atomic E-state index is -4.48. The number of thiophene rings is 1. The molecule has 4 aliphatic rings. The number of fused-ring (bicyclic) bond motifs is 1. The lowest BCUT2D eigenvalue weighted by Crippen LogP contribution is -2.59. The van der Waals surface area contributed by atoms with Crippen LogP contribution in [0.15, 0.2) is 66.6 Å². The van der Waals surface area contributed by atoms with Crippen LogP contribution in [0.4, 0.5) is 13.2 Å². The van der Waals surface area contributed by atoms with Gasteiger partial charge in [-0.15, -0.1) is 11.3 Å². The van der Waals surface area contributed by atoms with E-state index in [1.54, 1.807) is 29.2 Å². The summed E-state index contributed by atoms with van der Waals surface area (Å²) in [5, 5.41) is 12.7. The van der Waals surface area contributed by atoms with E-state index in [0.717, 1.165) is 22.6 Å². The Morgan fingerprint density at radius 2 is 1.85 bits per heavy atom. The predicted octanol–water partition coefficient (Wildman–Crippen LogP) is 6.20. The second-order valence-corrected chi connectivity index (χ2v) is 11.5. The van der Waals surface area contributed by atoms with Gasteiger partial charge in [0, 0.05) is 46.4 Å². The van der Waals surface area contributed by atoms with Crippen molar-refractivity contribution in [1.82, 2.24) is 4.90 Å². The SMILES string of the molecule is C=C(C(=O)N1CC2[C@@]3(c4ccc(C(F)(F)F)cc4)CC[C@H](c4ccsc43)[C@@]2(C(=O)O)C1)c1ccccc1OC. The van der Waals surface area contributed by atoms with Crippen LogP contribution in [-0.2, 0) is 21.2 Å². The maximum absolute atomic E-state index is 13.8. The first-order valence-electron chi connectivity index (χ1n) is 12.7. The van der Waals surface area contributed by atoms with Gasteiger partial charge in [-0.05, 0) is 53.6 Å². The highest BCUT2D eigenvalue weighted by atomic mass is 32.1. The maximum atomic E-state index is 13.8. The van der Waals surface area contributed by atoms with Gasteiger partial charge in [0.15, 0.2) is 0 Å². The van der Waals surface area contributed by atoms with Crippen LogP contribution in [0.25, 0.3) is 5.57 Å². The van der Waals surface area contributed by atoms with Crippen molar-refractivity contribution >= 4 is 28.8 Å². The van der Waals surface area contributed by atoms with Gasteiger partial charge in [-0.2, -0.15) is 13.2 Å². The molecule has 2 fully saturated rings. The van der Waals surface area contributed by atoms with E-state index in [2.05, 4.69) is 6.58 Å². The molecule has 3 aromatic rings. The van der Waals surface area contributed by atoms with E-state index < -0.39 is 34.5 Å². The number of alkyl halides is 3. The molecule has 202 valence electrons. The van der Waals surface area contributed by atoms with Crippen LogP contribution in [0, 0.1) is 11.3 Å². The van der Waals surface area contributed by atoms with Crippen LogP contribution >= 0.6 is 11.3 Å². The molecular weight excluding hydrogens is 527 g/mol. The molecule has 4 atom stereocenters. The third-order valence-corrected chi connectivity index (χ3v) is 10.2. The number of amides is 1. The van der Waals surface area contributed by atoms with Crippen molar-refractivity contribution in [3.05, 3.63) is 93.7 Å². The molecule has 7 rings (SSSR count). The van der Waals surface area contributed by atoms with Crippen molar-refractivity contribution in [1.29, 1.82) is 0 Å². The number of carboxylic acid groups (broad SMARTS) is 1. The second-order valence-electron chi connectivity index (χ2n) is 10.6. The van der Waals surface area contributed by atoms with Gasteiger partial charge in [0.1, 0.15) is 5.75 Å². The zero-order chi connectivity index (χ0) is 27.7. The first-order chi connectivity index (χ1) is 18.6. The number of ether oxygens (including phenoxy) is 1. The Bertz CT molecular complexity index is 1500. The molecule has 1 unspecified atom stereocenters. The fraction of sp³-hybridized carbons (Fsp3) is 0.333. The lowest BCUT2D eigenvalue weighted by molar-refractivity contribution is -0.157. The average Bonchev–Trinajstić information content (AvgIpc) is 3.60. The smallest absolute Gasteiger partial charge is 0.416 e. The number of benzene rings is 2. The number of carbonyl (C=O) groups excluding carboxylic acids is 1. The highest BCUT2D eigenvalue weighted by Gasteiger charge is 2.71. The summed E-state index contributed by atoms with van der Waals surface area (Å²) in [6.07, 6.45) is -3.30. The number of carbonyl (C=O) groups is 2. The Morgan fingerprint density at radius 3 is 2.51 bits per heavy atom. The van der Waals surface area contributed by atoms with Gasteiger partial charge >= 0.3 is 12.1 Å². The minimum Gasteiger partial charge on any atom is -0.496 e. The van der Waals surface area contributed by atoms with Crippen molar-refractivity contribution in [2.24, 2.45) is 11.3 Å². The maximum Gasteiger partial charge on any atom is 0.416 e. The Balaban J connectivity index is 1.46. The van der Waals surface area contributed by atoms with Crippen LogP contribution in [0.3, 0.4) is 0 Å². The number of rotatable bonds is 5. The summed E-state index contributed by atoms with van der Waals surface area (Å²) in [5.74, 6) is -1.68. The molecule has 1 saturated carbocycles. The number of halogens is 3. The Labute approximate surface area is 227 Å². The zero-order valence-corrected chi connectivity index (χ0v) is 21.9. The number of aliphatic carboxylic acids is 1. The summed E-state index contributed by atoms with van der Waals surface area (Å²) in [6.45, 7) is 4.19. The molecule has 1 N–H and O–H groups in total. The molecule has 2 bridgehead atoms.